The molecule has 0 aliphatic carbocycles. The fraction of sp³-hybridized carbons (Fsp3) is 0.333. The first kappa shape index (κ1) is 30.4. The summed E-state index contributed by atoms with van der Waals surface area (Å²) in [4.78, 5) is 23.1. The van der Waals surface area contributed by atoms with Gasteiger partial charge in [-0.25, -0.2) is 10.9 Å². The molecular formula is C33H40N8O4. The monoisotopic (exact) mass is 612 g/mol. The number of ether oxygens (including phenoxy) is 2. The molecule has 3 saturated heterocycles. The average molecular weight is 613 g/mol. The van der Waals surface area contributed by atoms with Gasteiger partial charge in [0, 0.05) is 44.7 Å². The molecular weight excluding hydrogens is 572 g/mol. The van der Waals surface area contributed by atoms with Gasteiger partial charge in [-0.3, -0.25) is 19.9 Å². The van der Waals surface area contributed by atoms with Gasteiger partial charge in [0.1, 0.15) is 17.4 Å². The maximum absolute atomic E-state index is 12.5. The predicted octanol–water partition coefficient (Wildman–Crippen LogP) is 3.57. The molecule has 1 atom stereocenters. The Balaban J connectivity index is 1.24. The highest BCUT2D eigenvalue weighted by Gasteiger charge is 2.32. The maximum Gasteiger partial charge on any atom is 0.247 e. The lowest BCUT2D eigenvalue weighted by atomic mass is 9.97. The standard InChI is InChI=1S/C33H40N8O4/c1-3-33(42)37-26-17-27(30(43-2)18-29(26)40-14-12-39(13-15-40)23-20-44-21-23)36-32(38-35)19-31(34)41-28(11-16-45-41)25-10-6-8-22-7-4-5-9-24(22)25/h3-10,17-19,23,28,34,36,38H,1,11-16,20-21,35H2,2H3,(H,37,42)/b32-19-,34-31?/t28-/m1/s1. The van der Waals surface area contributed by atoms with E-state index in [4.69, 9.17) is 25.6 Å². The third kappa shape index (κ3) is 6.45. The number of benzene rings is 3. The molecule has 3 aromatic carbocycles. The van der Waals surface area contributed by atoms with Gasteiger partial charge in [-0.1, -0.05) is 49.0 Å². The Morgan fingerprint density at radius 3 is 2.56 bits per heavy atom. The van der Waals surface area contributed by atoms with Gasteiger partial charge in [0.25, 0.3) is 0 Å². The van der Waals surface area contributed by atoms with Gasteiger partial charge < -0.3 is 30.4 Å². The van der Waals surface area contributed by atoms with E-state index in [0.29, 0.717) is 35.6 Å². The summed E-state index contributed by atoms with van der Waals surface area (Å²) in [7, 11) is 1.59. The van der Waals surface area contributed by atoms with Crippen LogP contribution in [0.3, 0.4) is 0 Å². The number of hydrazine groups is 1. The molecule has 3 aliphatic rings. The summed E-state index contributed by atoms with van der Waals surface area (Å²) >= 11 is 0. The van der Waals surface area contributed by atoms with E-state index in [-0.39, 0.29) is 17.8 Å². The van der Waals surface area contributed by atoms with E-state index in [1.807, 2.05) is 30.3 Å². The minimum atomic E-state index is -0.322. The summed E-state index contributed by atoms with van der Waals surface area (Å²) in [6.45, 7) is 9.06. The lowest BCUT2D eigenvalue weighted by Crippen LogP contribution is -2.56. The summed E-state index contributed by atoms with van der Waals surface area (Å²) in [6, 6.07) is 18.5. The van der Waals surface area contributed by atoms with Crippen molar-refractivity contribution < 1.29 is 19.1 Å². The van der Waals surface area contributed by atoms with Crippen LogP contribution in [0.2, 0.25) is 0 Å². The number of nitrogens with zero attached hydrogens (tertiary/aromatic N) is 3. The van der Waals surface area contributed by atoms with Crippen LogP contribution in [0.1, 0.15) is 18.0 Å². The van der Waals surface area contributed by atoms with Crippen LogP contribution in [-0.2, 0) is 14.4 Å². The molecule has 3 aliphatic heterocycles. The Labute approximate surface area is 262 Å². The molecule has 0 radical (unpaired) electrons. The summed E-state index contributed by atoms with van der Waals surface area (Å²) in [5, 5.41) is 19.0. The number of nitrogens with two attached hydrogens (primary N) is 1. The van der Waals surface area contributed by atoms with Crippen molar-refractivity contribution in [3.05, 3.63) is 84.7 Å². The van der Waals surface area contributed by atoms with E-state index in [2.05, 4.69) is 56.7 Å². The number of piperazine rings is 1. The maximum atomic E-state index is 12.5. The molecule has 3 fully saturated rings. The number of carbonyl (C=O) groups is 1. The zero-order valence-corrected chi connectivity index (χ0v) is 25.4. The van der Waals surface area contributed by atoms with Gasteiger partial charge in [0.15, 0.2) is 0 Å². The van der Waals surface area contributed by atoms with Crippen LogP contribution in [0.4, 0.5) is 17.1 Å². The van der Waals surface area contributed by atoms with Gasteiger partial charge >= 0.3 is 0 Å². The number of methoxy groups -OCH3 is 1. The predicted molar refractivity (Wildman–Crippen MR) is 176 cm³/mol. The number of hydrogen-bond donors (Lipinski definition) is 5. The molecule has 236 valence electrons. The molecule has 0 spiro atoms. The molecule has 0 bridgehead atoms. The molecule has 3 aromatic rings. The van der Waals surface area contributed by atoms with Crippen molar-refractivity contribution in [2.75, 3.05) is 68.6 Å². The quantitative estimate of drug-likeness (QED) is 0.0759. The largest absolute Gasteiger partial charge is 0.494 e. The third-order valence-corrected chi connectivity index (χ3v) is 8.58. The lowest BCUT2D eigenvalue weighted by Gasteiger charge is -2.43. The lowest BCUT2D eigenvalue weighted by molar-refractivity contribution is -0.111. The molecule has 1 amide bonds. The molecule has 12 nitrogen and oxygen atoms in total. The highest BCUT2D eigenvalue weighted by Crippen LogP contribution is 2.39. The van der Waals surface area contributed by atoms with E-state index < -0.39 is 0 Å². The van der Waals surface area contributed by atoms with Crippen molar-refractivity contribution in [3.63, 3.8) is 0 Å². The van der Waals surface area contributed by atoms with E-state index in [0.717, 1.165) is 67.8 Å². The average Bonchev–Trinajstić information content (AvgIpc) is 3.54. The van der Waals surface area contributed by atoms with Crippen LogP contribution in [0, 0.1) is 5.41 Å². The van der Waals surface area contributed by atoms with E-state index in [1.54, 1.807) is 18.2 Å². The minimum Gasteiger partial charge on any atom is -0.494 e. The van der Waals surface area contributed by atoms with Crippen molar-refractivity contribution >= 4 is 39.6 Å². The summed E-state index contributed by atoms with van der Waals surface area (Å²) in [6.07, 6.45) is 3.56. The van der Waals surface area contributed by atoms with Gasteiger partial charge in [0.2, 0.25) is 5.91 Å². The van der Waals surface area contributed by atoms with Gasteiger partial charge in [-0.05, 0) is 28.5 Å². The zero-order valence-electron chi connectivity index (χ0n) is 25.4. The second kappa shape index (κ2) is 13.6. The number of fused-ring (bicyclic) bond motifs is 1. The van der Waals surface area contributed by atoms with E-state index in [9.17, 15) is 4.79 Å². The fourth-order valence-corrected chi connectivity index (χ4v) is 6.13. The number of amides is 1. The van der Waals surface area contributed by atoms with Gasteiger partial charge in [-0.2, -0.15) is 0 Å². The molecule has 0 unspecified atom stereocenters. The normalized spacial score (nSPS) is 19.2. The van der Waals surface area contributed by atoms with E-state index >= 15 is 0 Å². The molecule has 6 N–H and O–H groups in total. The molecule has 6 rings (SSSR count). The van der Waals surface area contributed by atoms with Crippen LogP contribution >= 0.6 is 0 Å². The van der Waals surface area contributed by atoms with Crippen molar-refractivity contribution in [3.8, 4) is 5.75 Å². The topological polar surface area (TPSA) is 140 Å². The summed E-state index contributed by atoms with van der Waals surface area (Å²) < 4.78 is 11.2. The second-order valence-electron chi connectivity index (χ2n) is 11.2. The van der Waals surface area contributed by atoms with Crippen molar-refractivity contribution in [2.24, 2.45) is 5.84 Å². The molecule has 0 saturated carbocycles. The number of amidine groups is 1. The Kier molecular flexibility index (Phi) is 9.17. The van der Waals surface area contributed by atoms with Crippen LogP contribution in [0.25, 0.3) is 10.8 Å². The Morgan fingerprint density at radius 1 is 1.07 bits per heavy atom. The first-order valence-electron chi connectivity index (χ1n) is 15.1. The first-order chi connectivity index (χ1) is 22.0. The second-order valence-corrected chi connectivity index (χ2v) is 11.2. The number of hydrogen-bond acceptors (Lipinski definition) is 10. The van der Waals surface area contributed by atoms with Crippen molar-refractivity contribution in [1.82, 2.24) is 15.4 Å². The van der Waals surface area contributed by atoms with Crippen LogP contribution in [0.5, 0.6) is 5.75 Å². The summed E-state index contributed by atoms with van der Waals surface area (Å²) in [5.74, 6) is 6.63. The van der Waals surface area contributed by atoms with Crippen molar-refractivity contribution in [2.45, 2.75) is 18.5 Å². The first-order valence-corrected chi connectivity index (χ1v) is 15.1. The zero-order chi connectivity index (χ0) is 31.3. The molecule has 45 heavy (non-hydrogen) atoms. The van der Waals surface area contributed by atoms with Gasteiger partial charge in [0.05, 0.1) is 56.1 Å². The summed E-state index contributed by atoms with van der Waals surface area (Å²) in [5.41, 5.74) is 5.76. The number of rotatable bonds is 10. The van der Waals surface area contributed by atoms with Gasteiger partial charge in [-0.15, -0.1) is 0 Å². The Bertz CT molecular complexity index is 1590. The Hall–Kier alpha value is -4.62. The number of hydroxylamine groups is 2. The van der Waals surface area contributed by atoms with Crippen molar-refractivity contribution in [1.29, 1.82) is 5.41 Å². The van der Waals surface area contributed by atoms with E-state index in [1.165, 1.54) is 6.08 Å². The highest BCUT2D eigenvalue weighted by atomic mass is 16.7. The van der Waals surface area contributed by atoms with Crippen LogP contribution < -0.4 is 31.5 Å². The van der Waals surface area contributed by atoms with Crippen LogP contribution in [0.15, 0.2) is 79.1 Å². The molecule has 0 aromatic heterocycles. The molecule has 3 heterocycles. The third-order valence-electron chi connectivity index (χ3n) is 8.58. The fourth-order valence-electron chi connectivity index (χ4n) is 6.13. The minimum absolute atomic E-state index is 0.122. The SMILES string of the molecule is C=CC(=O)Nc1cc(N/C(=C/C(=N)N2OCC[C@@H]2c2cccc3ccccc23)NN)c(OC)cc1N1CCN(C2COC2)CC1. The number of nitrogens with one attached hydrogen (secondary N) is 4. The smallest absolute Gasteiger partial charge is 0.247 e. The number of anilines is 3. The van der Waals surface area contributed by atoms with Crippen LogP contribution in [-0.4, -0.2) is 80.9 Å². The number of carbonyl (C=O) groups excluding carboxylic acids is 1. The highest BCUT2D eigenvalue weighted by molar-refractivity contribution is 6.02. The molecule has 12 heteroatoms. The Morgan fingerprint density at radius 2 is 1.84 bits per heavy atom.